The zero-order valence-corrected chi connectivity index (χ0v) is 17.6. The summed E-state index contributed by atoms with van der Waals surface area (Å²) in [7, 11) is 0. The van der Waals surface area contributed by atoms with E-state index in [1.54, 1.807) is 16.8 Å². The molecule has 1 aliphatic heterocycles. The number of rotatable bonds is 7. The largest absolute Gasteiger partial charge is 0.512 e. The van der Waals surface area contributed by atoms with Crippen LogP contribution in [0.5, 0.6) is 0 Å². The highest BCUT2D eigenvalue weighted by Gasteiger charge is 2.38. The molecule has 0 saturated carbocycles. The van der Waals surface area contributed by atoms with Crippen LogP contribution in [0.1, 0.15) is 37.5 Å². The number of nitrogens with zero attached hydrogens (tertiary/aromatic N) is 2. The van der Waals surface area contributed by atoms with Crippen molar-refractivity contribution in [3.8, 4) is 0 Å². The molecule has 30 heavy (non-hydrogen) atoms. The van der Waals surface area contributed by atoms with E-state index in [9.17, 15) is 19.8 Å². The van der Waals surface area contributed by atoms with Crippen molar-refractivity contribution in [2.24, 2.45) is 0 Å². The molecule has 1 fully saturated rings. The average molecular weight is 431 g/mol. The summed E-state index contributed by atoms with van der Waals surface area (Å²) in [5.41, 5.74) is 4.26. The number of likely N-dealkylation sites (tertiary alicyclic amines) is 1. The van der Waals surface area contributed by atoms with Gasteiger partial charge in [-0.05, 0) is 31.4 Å². The molecule has 9 heteroatoms. The van der Waals surface area contributed by atoms with Crippen molar-refractivity contribution in [1.29, 1.82) is 5.41 Å². The lowest BCUT2D eigenvalue weighted by Gasteiger charge is -2.24. The predicted octanol–water partition coefficient (Wildman–Crippen LogP) is 2.20. The van der Waals surface area contributed by atoms with Gasteiger partial charge in [0.2, 0.25) is 11.8 Å². The van der Waals surface area contributed by atoms with Crippen LogP contribution in [0.25, 0.3) is 5.57 Å². The van der Waals surface area contributed by atoms with Gasteiger partial charge < -0.3 is 25.8 Å². The standard InChI is InChI=1S/C21H26N4O4S/c1-13(22)6-16(26)8-20(28)25-11-17(27)7-18(25)21(29)24-9-14-2-4-15(5-3-14)19-10-23-12-30-19/h2,4,6,10,12,17-18,22,26-27H,3,5,7-9,11H2,1H3,(H,24,29)/b16-6-,22-13?/t17-,18+/m1/s1. The molecule has 0 spiro atoms. The van der Waals surface area contributed by atoms with Gasteiger partial charge in [-0.1, -0.05) is 17.7 Å². The van der Waals surface area contributed by atoms with Gasteiger partial charge in [0.1, 0.15) is 11.8 Å². The number of thiazole rings is 1. The summed E-state index contributed by atoms with van der Waals surface area (Å²) >= 11 is 1.60. The maximum atomic E-state index is 12.7. The molecule has 0 aromatic carbocycles. The van der Waals surface area contributed by atoms with Crippen LogP contribution in [-0.4, -0.2) is 62.9 Å². The zero-order valence-electron chi connectivity index (χ0n) is 16.8. The van der Waals surface area contributed by atoms with Gasteiger partial charge in [0.15, 0.2) is 0 Å². The molecule has 0 radical (unpaired) electrons. The highest BCUT2D eigenvalue weighted by Crippen LogP contribution is 2.28. The van der Waals surface area contributed by atoms with Gasteiger partial charge in [-0.25, -0.2) is 0 Å². The molecule has 2 amide bonds. The van der Waals surface area contributed by atoms with Crippen molar-refractivity contribution >= 4 is 34.4 Å². The van der Waals surface area contributed by atoms with E-state index in [4.69, 9.17) is 5.41 Å². The van der Waals surface area contributed by atoms with E-state index in [2.05, 4.69) is 10.3 Å². The summed E-state index contributed by atoms with van der Waals surface area (Å²) in [6.07, 6.45) is 7.91. The summed E-state index contributed by atoms with van der Waals surface area (Å²) in [6, 6.07) is -0.770. The fourth-order valence-electron chi connectivity index (χ4n) is 3.62. The predicted molar refractivity (Wildman–Crippen MR) is 115 cm³/mol. The second-order valence-corrected chi connectivity index (χ2v) is 8.43. The van der Waals surface area contributed by atoms with Crippen molar-refractivity contribution < 1.29 is 19.8 Å². The number of nitrogens with one attached hydrogen (secondary N) is 2. The third kappa shape index (κ3) is 5.64. The Labute approximate surface area is 179 Å². The Bertz CT molecular complexity index is 904. The van der Waals surface area contributed by atoms with E-state index in [-0.39, 0.29) is 36.8 Å². The van der Waals surface area contributed by atoms with Crippen molar-refractivity contribution in [3.05, 3.63) is 46.1 Å². The molecular formula is C21H26N4O4S. The number of hydrogen-bond donors (Lipinski definition) is 4. The van der Waals surface area contributed by atoms with Crippen molar-refractivity contribution in [1.82, 2.24) is 15.2 Å². The summed E-state index contributed by atoms with van der Waals surface area (Å²) in [5, 5.41) is 30.0. The number of β-amino-alcohol motifs (C(OH)–C–C–N with tert-alkyl or cyclic N) is 1. The molecule has 4 N–H and O–H groups in total. The second-order valence-electron chi connectivity index (χ2n) is 7.55. The van der Waals surface area contributed by atoms with Crippen LogP contribution < -0.4 is 5.32 Å². The SMILES string of the molecule is CC(=N)/C=C(\O)CC(=O)N1C[C@H](O)C[C@H]1C(=O)NCC1=CC=C(c2cncs2)CC1. The molecule has 2 aliphatic rings. The maximum absolute atomic E-state index is 12.7. The number of aromatic nitrogens is 1. The molecule has 2 atom stereocenters. The number of aliphatic hydroxyl groups excluding tert-OH is 2. The minimum absolute atomic E-state index is 0.0530. The lowest BCUT2D eigenvalue weighted by atomic mass is 9.97. The van der Waals surface area contributed by atoms with E-state index < -0.39 is 18.1 Å². The van der Waals surface area contributed by atoms with Gasteiger partial charge in [0, 0.05) is 31.4 Å². The molecule has 1 aliphatic carbocycles. The Balaban J connectivity index is 1.57. The molecule has 1 aromatic heterocycles. The Morgan fingerprint density at radius 1 is 1.40 bits per heavy atom. The topological polar surface area (TPSA) is 127 Å². The molecule has 2 heterocycles. The molecule has 1 aromatic rings. The molecule has 8 nitrogen and oxygen atoms in total. The molecule has 0 unspecified atom stereocenters. The molecular weight excluding hydrogens is 404 g/mol. The lowest BCUT2D eigenvalue weighted by Crippen LogP contribution is -2.46. The summed E-state index contributed by atoms with van der Waals surface area (Å²) in [6.45, 7) is 1.93. The molecule has 0 bridgehead atoms. The number of hydrogen-bond acceptors (Lipinski definition) is 7. The Hall–Kier alpha value is -2.78. The number of allylic oxidation sites excluding steroid dienone is 4. The first-order valence-electron chi connectivity index (χ1n) is 9.81. The number of carbonyl (C=O) groups is 2. The van der Waals surface area contributed by atoms with Crippen molar-refractivity contribution in [2.75, 3.05) is 13.1 Å². The first-order chi connectivity index (χ1) is 14.3. The monoisotopic (exact) mass is 430 g/mol. The summed E-state index contributed by atoms with van der Waals surface area (Å²) in [5.74, 6) is -0.996. The van der Waals surface area contributed by atoms with E-state index in [1.165, 1.54) is 23.5 Å². The second kappa shape index (κ2) is 9.82. The quantitative estimate of drug-likeness (QED) is 0.390. The van der Waals surface area contributed by atoms with Gasteiger partial charge in [-0.3, -0.25) is 14.6 Å². The Morgan fingerprint density at radius 2 is 2.20 bits per heavy atom. The minimum atomic E-state index is -0.779. The van der Waals surface area contributed by atoms with Crippen molar-refractivity contribution in [3.63, 3.8) is 0 Å². The zero-order chi connectivity index (χ0) is 21.7. The van der Waals surface area contributed by atoms with Crippen LogP contribution in [-0.2, 0) is 9.59 Å². The lowest BCUT2D eigenvalue weighted by molar-refractivity contribution is -0.138. The molecule has 3 rings (SSSR count). The summed E-state index contributed by atoms with van der Waals surface area (Å²) in [4.78, 5) is 31.7. The number of carbonyl (C=O) groups excluding carboxylic acids is 2. The van der Waals surface area contributed by atoms with Gasteiger partial charge in [-0.15, -0.1) is 11.3 Å². The third-order valence-electron chi connectivity index (χ3n) is 5.09. The van der Waals surface area contributed by atoms with Crippen LogP contribution >= 0.6 is 11.3 Å². The first kappa shape index (κ1) is 21.9. The highest BCUT2D eigenvalue weighted by atomic mass is 32.1. The average Bonchev–Trinajstić information content (AvgIpc) is 3.35. The van der Waals surface area contributed by atoms with Crippen LogP contribution in [0.15, 0.2) is 41.3 Å². The highest BCUT2D eigenvalue weighted by molar-refractivity contribution is 7.10. The van der Waals surface area contributed by atoms with Crippen LogP contribution in [0.3, 0.4) is 0 Å². The Morgan fingerprint density at radius 3 is 2.83 bits per heavy atom. The fourth-order valence-corrected chi connectivity index (χ4v) is 4.30. The molecule has 160 valence electrons. The molecule has 1 saturated heterocycles. The van der Waals surface area contributed by atoms with Crippen LogP contribution in [0.4, 0.5) is 0 Å². The van der Waals surface area contributed by atoms with E-state index in [0.29, 0.717) is 6.54 Å². The van der Waals surface area contributed by atoms with Gasteiger partial charge in [0.05, 0.1) is 22.9 Å². The fraction of sp³-hybridized carbons (Fsp3) is 0.429. The van der Waals surface area contributed by atoms with E-state index in [0.717, 1.165) is 23.3 Å². The number of aliphatic hydroxyl groups is 2. The minimum Gasteiger partial charge on any atom is -0.512 e. The van der Waals surface area contributed by atoms with E-state index >= 15 is 0 Å². The third-order valence-corrected chi connectivity index (χ3v) is 5.94. The normalized spacial score (nSPS) is 21.8. The van der Waals surface area contributed by atoms with Crippen LogP contribution in [0.2, 0.25) is 0 Å². The van der Waals surface area contributed by atoms with Gasteiger partial charge >= 0.3 is 0 Å². The summed E-state index contributed by atoms with van der Waals surface area (Å²) < 4.78 is 0. The first-order valence-corrected chi connectivity index (χ1v) is 10.7. The maximum Gasteiger partial charge on any atom is 0.243 e. The van der Waals surface area contributed by atoms with Gasteiger partial charge in [-0.2, -0.15) is 0 Å². The van der Waals surface area contributed by atoms with Crippen molar-refractivity contribution in [2.45, 2.75) is 44.8 Å². The Kier molecular flexibility index (Phi) is 7.17. The number of amides is 2. The van der Waals surface area contributed by atoms with E-state index in [1.807, 2.05) is 18.3 Å². The van der Waals surface area contributed by atoms with Crippen LogP contribution in [0, 0.1) is 5.41 Å². The van der Waals surface area contributed by atoms with Gasteiger partial charge in [0.25, 0.3) is 0 Å². The smallest absolute Gasteiger partial charge is 0.243 e.